The van der Waals surface area contributed by atoms with Gasteiger partial charge in [-0.05, 0) is 0 Å². The van der Waals surface area contributed by atoms with Crippen LogP contribution in [-0.4, -0.2) is 42.4 Å². The molecule has 0 aromatic carbocycles. The molecule has 1 saturated heterocycles. The van der Waals surface area contributed by atoms with Crippen LogP contribution in [0.25, 0.3) is 0 Å². The summed E-state index contributed by atoms with van der Waals surface area (Å²) in [6.45, 7) is 2.35. The number of hydrogen-bond donors (Lipinski definition) is 1. The van der Waals surface area contributed by atoms with Gasteiger partial charge in [0.15, 0.2) is 0 Å². The smallest absolute Gasteiger partial charge is 0.217 e. The molecule has 0 bridgehead atoms. The maximum Gasteiger partial charge on any atom is 0.217 e. The van der Waals surface area contributed by atoms with Crippen LogP contribution in [0.3, 0.4) is 0 Å². The Morgan fingerprint density at radius 3 is 3.13 bits per heavy atom. The van der Waals surface area contributed by atoms with Crippen molar-refractivity contribution in [2.24, 2.45) is 0 Å². The predicted octanol–water partition coefficient (Wildman–Crippen LogP) is 0.443. The lowest BCUT2D eigenvalue weighted by atomic mass is 10.3. The molecule has 1 unspecified atom stereocenters. The number of anilines is 1. The monoisotopic (exact) mass is 213 g/mol. The number of nitrogens with zero attached hydrogens (tertiary/aromatic N) is 2. The molecule has 2 rings (SSSR count). The molecule has 1 fully saturated rings. The summed E-state index contributed by atoms with van der Waals surface area (Å²) in [6, 6.07) is 1.24. The normalized spacial score (nSPS) is 21.3. The van der Waals surface area contributed by atoms with Crippen molar-refractivity contribution in [2.45, 2.75) is 6.10 Å². The van der Waals surface area contributed by atoms with E-state index in [9.17, 15) is 4.39 Å². The van der Waals surface area contributed by atoms with Crippen molar-refractivity contribution in [1.29, 1.82) is 0 Å². The molecule has 82 valence electrons. The molecule has 0 spiro atoms. The zero-order chi connectivity index (χ0) is 10.5. The second-order valence-corrected chi connectivity index (χ2v) is 3.17. The topological polar surface area (TPSA) is 56.3 Å². The lowest BCUT2D eigenvalue weighted by molar-refractivity contribution is -0.0819. The van der Waals surface area contributed by atoms with Gasteiger partial charge in [0.25, 0.3) is 0 Å². The molecule has 1 aliphatic rings. The average molecular weight is 213 g/mol. The largest absolute Gasteiger partial charge is 0.376 e. The first-order valence-electron chi connectivity index (χ1n) is 4.75. The molecule has 0 aliphatic carbocycles. The standard InChI is InChI=1S/C9H12FN3O2/c10-8-3-9(13-6-12-8)11-4-7-5-14-1-2-15-7/h3,6-7H,1-2,4-5H2,(H,11,12,13). The lowest BCUT2D eigenvalue weighted by Crippen LogP contribution is -2.34. The summed E-state index contributed by atoms with van der Waals surface area (Å²) in [5.74, 6) is -0.0926. The summed E-state index contributed by atoms with van der Waals surface area (Å²) in [6.07, 6.45) is 1.17. The minimum Gasteiger partial charge on any atom is -0.376 e. The minimum absolute atomic E-state index is 0.00298. The van der Waals surface area contributed by atoms with Crippen molar-refractivity contribution in [1.82, 2.24) is 9.97 Å². The van der Waals surface area contributed by atoms with Gasteiger partial charge in [0.2, 0.25) is 5.95 Å². The zero-order valence-electron chi connectivity index (χ0n) is 8.15. The zero-order valence-corrected chi connectivity index (χ0v) is 8.15. The Morgan fingerprint density at radius 2 is 2.40 bits per heavy atom. The highest BCUT2D eigenvalue weighted by molar-refractivity contribution is 5.32. The molecule has 1 N–H and O–H groups in total. The third-order valence-corrected chi connectivity index (χ3v) is 2.03. The molecule has 1 aliphatic heterocycles. The summed E-state index contributed by atoms with van der Waals surface area (Å²) >= 11 is 0. The fourth-order valence-electron chi connectivity index (χ4n) is 1.30. The van der Waals surface area contributed by atoms with Crippen LogP contribution in [0.4, 0.5) is 10.2 Å². The molecule has 0 amide bonds. The van der Waals surface area contributed by atoms with Crippen LogP contribution in [0.15, 0.2) is 12.4 Å². The van der Waals surface area contributed by atoms with E-state index in [0.717, 1.165) is 0 Å². The summed E-state index contributed by atoms with van der Waals surface area (Å²) in [5, 5.41) is 2.96. The van der Waals surface area contributed by atoms with Gasteiger partial charge in [-0.25, -0.2) is 9.97 Å². The van der Waals surface area contributed by atoms with E-state index in [1.807, 2.05) is 0 Å². The van der Waals surface area contributed by atoms with Gasteiger partial charge in [0.05, 0.1) is 25.9 Å². The third-order valence-electron chi connectivity index (χ3n) is 2.03. The lowest BCUT2D eigenvalue weighted by Gasteiger charge is -2.23. The van der Waals surface area contributed by atoms with Gasteiger partial charge in [0.1, 0.15) is 12.1 Å². The van der Waals surface area contributed by atoms with Crippen molar-refractivity contribution in [2.75, 3.05) is 31.7 Å². The molecular weight excluding hydrogens is 201 g/mol. The molecule has 1 aromatic heterocycles. The first-order valence-corrected chi connectivity index (χ1v) is 4.75. The Labute approximate surface area is 86.6 Å². The SMILES string of the molecule is Fc1cc(NCC2COCCO2)ncn1. The van der Waals surface area contributed by atoms with Gasteiger partial charge in [0, 0.05) is 12.6 Å². The van der Waals surface area contributed by atoms with Crippen LogP contribution in [0.2, 0.25) is 0 Å². The van der Waals surface area contributed by atoms with Gasteiger partial charge in [-0.2, -0.15) is 4.39 Å². The highest BCUT2D eigenvalue weighted by Gasteiger charge is 2.13. The first kappa shape index (κ1) is 10.3. The maximum atomic E-state index is 12.7. The van der Waals surface area contributed by atoms with Crippen LogP contribution in [0, 0.1) is 5.95 Å². The molecule has 0 saturated carbocycles. The number of aromatic nitrogens is 2. The summed E-state index contributed by atoms with van der Waals surface area (Å²) < 4.78 is 23.3. The second kappa shape index (κ2) is 4.99. The molecule has 0 radical (unpaired) electrons. The fourth-order valence-corrected chi connectivity index (χ4v) is 1.30. The van der Waals surface area contributed by atoms with E-state index in [0.29, 0.717) is 32.2 Å². The van der Waals surface area contributed by atoms with E-state index in [1.54, 1.807) is 0 Å². The average Bonchev–Trinajstić information content (AvgIpc) is 2.28. The van der Waals surface area contributed by atoms with E-state index in [4.69, 9.17) is 9.47 Å². The van der Waals surface area contributed by atoms with Crippen LogP contribution in [0.5, 0.6) is 0 Å². The van der Waals surface area contributed by atoms with Crippen molar-refractivity contribution >= 4 is 5.82 Å². The summed E-state index contributed by atoms with van der Waals surface area (Å²) in [5.41, 5.74) is 0. The first-order chi connectivity index (χ1) is 7.34. The van der Waals surface area contributed by atoms with Gasteiger partial charge in [-0.3, -0.25) is 0 Å². The molecule has 1 aromatic rings. The summed E-state index contributed by atoms with van der Waals surface area (Å²) in [7, 11) is 0. The Kier molecular flexibility index (Phi) is 3.41. The highest BCUT2D eigenvalue weighted by Crippen LogP contribution is 2.05. The van der Waals surface area contributed by atoms with E-state index >= 15 is 0 Å². The Bertz CT molecular complexity index is 318. The fraction of sp³-hybridized carbons (Fsp3) is 0.556. The number of rotatable bonds is 3. The van der Waals surface area contributed by atoms with E-state index in [-0.39, 0.29) is 6.10 Å². The molecule has 15 heavy (non-hydrogen) atoms. The molecule has 6 heteroatoms. The second-order valence-electron chi connectivity index (χ2n) is 3.17. The third kappa shape index (κ3) is 3.10. The molecular formula is C9H12FN3O2. The summed E-state index contributed by atoms with van der Waals surface area (Å²) in [4.78, 5) is 7.23. The quantitative estimate of drug-likeness (QED) is 0.738. The van der Waals surface area contributed by atoms with Gasteiger partial charge in [-0.1, -0.05) is 0 Å². The van der Waals surface area contributed by atoms with Crippen molar-refractivity contribution in [3.05, 3.63) is 18.3 Å². The van der Waals surface area contributed by atoms with Crippen LogP contribution >= 0.6 is 0 Å². The highest BCUT2D eigenvalue weighted by atomic mass is 19.1. The Balaban J connectivity index is 1.81. The minimum atomic E-state index is -0.548. The molecule has 2 heterocycles. The van der Waals surface area contributed by atoms with Crippen LogP contribution < -0.4 is 5.32 Å². The van der Waals surface area contributed by atoms with Crippen molar-refractivity contribution in [3.63, 3.8) is 0 Å². The van der Waals surface area contributed by atoms with E-state index in [2.05, 4.69) is 15.3 Å². The van der Waals surface area contributed by atoms with Crippen molar-refractivity contribution in [3.8, 4) is 0 Å². The van der Waals surface area contributed by atoms with E-state index in [1.165, 1.54) is 12.4 Å². The van der Waals surface area contributed by atoms with Crippen molar-refractivity contribution < 1.29 is 13.9 Å². The maximum absolute atomic E-state index is 12.7. The Morgan fingerprint density at radius 1 is 1.47 bits per heavy atom. The van der Waals surface area contributed by atoms with Gasteiger partial charge >= 0.3 is 0 Å². The number of hydrogen-bond acceptors (Lipinski definition) is 5. The molecule has 1 atom stereocenters. The Hall–Kier alpha value is -1.27. The molecule has 5 nitrogen and oxygen atoms in total. The van der Waals surface area contributed by atoms with Crippen LogP contribution in [0.1, 0.15) is 0 Å². The number of halogens is 1. The number of ether oxygens (including phenoxy) is 2. The van der Waals surface area contributed by atoms with E-state index < -0.39 is 5.95 Å². The van der Waals surface area contributed by atoms with Gasteiger partial charge in [-0.15, -0.1) is 0 Å². The number of nitrogens with one attached hydrogen (secondary N) is 1. The van der Waals surface area contributed by atoms with Crippen LogP contribution in [-0.2, 0) is 9.47 Å². The van der Waals surface area contributed by atoms with Gasteiger partial charge < -0.3 is 14.8 Å². The predicted molar refractivity (Wildman–Crippen MR) is 51.0 cm³/mol.